The number of rotatable bonds is 5. The van der Waals surface area contributed by atoms with Gasteiger partial charge in [-0.2, -0.15) is 0 Å². The molecular weight excluding hydrogens is 411 g/mol. The summed E-state index contributed by atoms with van der Waals surface area (Å²) in [6, 6.07) is 19.1. The van der Waals surface area contributed by atoms with Crippen LogP contribution >= 0.6 is 0 Å². The second kappa shape index (κ2) is 7.24. The number of aromatic amines is 1. The van der Waals surface area contributed by atoms with E-state index in [2.05, 4.69) is 16.6 Å². The van der Waals surface area contributed by atoms with E-state index in [1.165, 1.54) is 6.07 Å². The Labute approximate surface area is 181 Å². The van der Waals surface area contributed by atoms with Gasteiger partial charge in [-0.1, -0.05) is 43.3 Å². The number of aromatic nitrogens is 1. The molecule has 0 spiro atoms. The minimum Gasteiger partial charge on any atom is -0.359 e. The third-order valence-corrected chi connectivity index (χ3v) is 7.92. The minimum atomic E-state index is -3.70. The lowest BCUT2D eigenvalue weighted by Gasteiger charge is -2.29. The molecule has 0 bridgehead atoms. The molecule has 1 aromatic heterocycles. The smallest absolute Gasteiger partial charge is 0.261 e. The molecule has 0 saturated heterocycles. The van der Waals surface area contributed by atoms with E-state index in [9.17, 15) is 12.8 Å². The molecule has 0 fully saturated rings. The standard InChI is InChI=1S/C25H23FN2O2S/c1-2-25(14-13-17-15-18(26)11-12-21(17)25)22-16-27-24-20(22)9-6-10-23(24)28-31(29,30)19-7-4-3-5-8-19/h3-12,15-16,27-28H,2,13-14H2,1H3. The van der Waals surface area contributed by atoms with Crippen molar-refractivity contribution in [1.82, 2.24) is 4.98 Å². The number of aryl methyl sites for hydroxylation is 1. The summed E-state index contributed by atoms with van der Waals surface area (Å²) in [5.74, 6) is -0.206. The van der Waals surface area contributed by atoms with Crippen molar-refractivity contribution in [1.29, 1.82) is 0 Å². The molecule has 31 heavy (non-hydrogen) atoms. The molecule has 4 nitrogen and oxygen atoms in total. The second-order valence-electron chi connectivity index (χ2n) is 8.09. The summed E-state index contributed by atoms with van der Waals surface area (Å²) in [4.78, 5) is 3.53. The van der Waals surface area contributed by atoms with E-state index in [0.29, 0.717) is 5.69 Å². The Morgan fingerprint density at radius 3 is 2.61 bits per heavy atom. The predicted octanol–water partition coefficient (Wildman–Crippen LogP) is 5.75. The molecule has 6 heteroatoms. The van der Waals surface area contributed by atoms with Crippen molar-refractivity contribution in [3.05, 3.63) is 95.4 Å². The molecular formula is C25H23FN2O2S. The zero-order valence-corrected chi connectivity index (χ0v) is 18.0. The van der Waals surface area contributed by atoms with E-state index >= 15 is 0 Å². The zero-order chi connectivity index (χ0) is 21.6. The SMILES string of the molecule is CCC1(c2c[nH]c3c(NS(=O)(=O)c4ccccc4)cccc23)CCc2cc(F)ccc21. The average Bonchev–Trinajstić information content (AvgIpc) is 3.37. The highest BCUT2D eigenvalue weighted by atomic mass is 32.2. The Morgan fingerprint density at radius 1 is 1.03 bits per heavy atom. The number of benzene rings is 3. The number of sulfonamides is 1. The molecule has 1 unspecified atom stereocenters. The summed E-state index contributed by atoms with van der Waals surface area (Å²) in [5, 5.41) is 0.979. The minimum absolute atomic E-state index is 0.206. The summed E-state index contributed by atoms with van der Waals surface area (Å²) < 4.78 is 42.2. The van der Waals surface area contributed by atoms with Crippen LogP contribution in [-0.2, 0) is 21.9 Å². The molecule has 3 aromatic carbocycles. The number of hydrogen-bond acceptors (Lipinski definition) is 2. The zero-order valence-electron chi connectivity index (χ0n) is 17.2. The van der Waals surface area contributed by atoms with E-state index in [4.69, 9.17) is 0 Å². The number of para-hydroxylation sites is 1. The van der Waals surface area contributed by atoms with Gasteiger partial charge in [0, 0.05) is 17.0 Å². The molecule has 4 aromatic rings. The highest BCUT2D eigenvalue weighted by Crippen LogP contribution is 2.49. The van der Waals surface area contributed by atoms with Gasteiger partial charge in [0.1, 0.15) is 5.82 Å². The van der Waals surface area contributed by atoms with Gasteiger partial charge >= 0.3 is 0 Å². The number of nitrogens with one attached hydrogen (secondary N) is 2. The first-order valence-electron chi connectivity index (χ1n) is 10.4. The largest absolute Gasteiger partial charge is 0.359 e. The second-order valence-corrected chi connectivity index (χ2v) is 9.77. The van der Waals surface area contributed by atoms with Crippen LogP contribution < -0.4 is 4.72 Å². The van der Waals surface area contributed by atoms with Crippen LogP contribution in [0.15, 0.2) is 77.8 Å². The van der Waals surface area contributed by atoms with Crippen LogP contribution in [0.1, 0.15) is 36.5 Å². The molecule has 0 aliphatic heterocycles. The highest BCUT2D eigenvalue weighted by molar-refractivity contribution is 7.92. The molecule has 1 aliphatic rings. The highest BCUT2D eigenvalue weighted by Gasteiger charge is 2.40. The Balaban J connectivity index is 1.61. The van der Waals surface area contributed by atoms with Gasteiger partial charge in [-0.3, -0.25) is 4.72 Å². The van der Waals surface area contributed by atoms with Crippen molar-refractivity contribution in [3.63, 3.8) is 0 Å². The van der Waals surface area contributed by atoms with Gasteiger partial charge in [0.2, 0.25) is 0 Å². The molecule has 5 rings (SSSR count). The molecule has 1 aliphatic carbocycles. The van der Waals surface area contributed by atoms with Gasteiger partial charge in [0.15, 0.2) is 0 Å². The monoisotopic (exact) mass is 434 g/mol. The summed E-state index contributed by atoms with van der Waals surface area (Å²) in [6.45, 7) is 2.15. The number of fused-ring (bicyclic) bond motifs is 2. The lowest BCUT2D eigenvalue weighted by Crippen LogP contribution is -2.23. The summed E-state index contributed by atoms with van der Waals surface area (Å²) in [7, 11) is -3.70. The van der Waals surface area contributed by atoms with Crippen LogP contribution in [0, 0.1) is 5.82 Å². The first-order chi connectivity index (χ1) is 14.9. The number of hydrogen-bond donors (Lipinski definition) is 2. The van der Waals surface area contributed by atoms with Crippen molar-refractivity contribution < 1.29 is 12.8 Å². The summed E-state index contributed by atoms with van der Waals surface area (Å²) in [5.41, 5.74) is 4.37. The Bertz CT molecular complexity index is 1380. The van der Waals surface area contributed by atoms with Gasteiger partial charge in [-0.05, 0) is 66.3 Å². The Morgan fingerprint density at radius 2 is 1.84 bits per heavy atom. The third kappa shape index (κ3) is 3.13. The number of anilines is 1. The van der Waals surface area contributed by atoms with Gasteiger partial charge in [0.05, 0.1) is 16.1 Å². The third-order valence-electron chi connectivity index (χ3n) is 6.54. The molecule has 1 heterocycles. The maximum Gasteiger partial charge on any atom is 0.261 e. The molecule has 0 amide bonds. The predicted molar refractivity (Wildman–Crippen MR) is 121 cm³/mol. The fourth-order valence-corrected chi connectivity index (χ4v) is 6.09. The lowest BCUT2D eigenvalue weighted by atomic mass is 9.73. The van der Waals surface area contributed by atoms with Gasteiger partial charge < -0.3 is 4.98 Å². The molecule has 158 valence electrons. The van der Waals surface area contributed by atoms with Crippen molar-refractivity contribution in [2.24, 2.45) is 0 Å². The van der Waals surface area contributed by atoms with Crippen LogP contribution in [0.5, 0.6) is 0 Å². The van der Waals surface area contributed by atoms with Gasteiger partial charge in [0.25, 0.3) is 10.0 Å². The van der Waals surface area contributed by atoms with Gasteiger partial charge in [-0.15, -0.1) is 0 Å². The van der Waals surface area contributed by atoms with Crippen molar-refractivity contribution >= 4 is 26.6 Å². The molecule has 0 saturated carbocycles. The maximum absolute atomic E-state index is 13.8. The topological polar surface area (TPSA) is 62.0 Å². The lowest BCUT2D eigenvalue weighted by molar-refractivity contribution is 0.496. The summed E-state index contributed by atoms with van der Waals surface area (Å²) >= 11 is 0. The van der Waals surface area contributed by atoms with Crippen LogP contribution in [0.4, 0.5) is 10.1 Å². The molecule has 0 radical (unpaired) electrons. The summed E-state index contributed by atoms with van der Waals surface area (Å²) in [6.07, 6.45) is 4.58. The van der Waals surface area contributed by atoms with Crippen LogP contribution in [0.3, 0.4) is 0 Å². The van der Waals surface area contributed by atoms with E-state index in [-0.39, 0.29) is 16.1 Å². The van der Waals surface area contributed by atoms with E-state index < -0.39 is 10.0 Å². The normalized spacial score (nSPS) is 18.3. The Kier molecular flexibility index (Phi) is 4.63. The van der Waals surface area contributed by atoms with Crippen molar-refractivity contribution in [2.75, 3.05) is 4.72 Å². The molecule has 1 atom stereocenters. The van der Waals surface area contributed by atoms with E-state index in [0.717, 1.165) is 46.9 Å². The fourth-order valence-electron chi connectivity index (χ4n) is 4.99. The van der Waals surface area contributed by atoms with Crippen LogP contribution in [-0.4, -0.2) is 13.4 Å². The number of H-pyrrole nitrogens is 1. The van der Waals surface area contributed by atoms with Gasteiger partial charge in [-0.25, -0.2) is 12.8 Å². The quantitative estimate of drug-likeness (QED) is 0.420. The number of halogens is 1. The van der Waals surface area contributed by atoms with E-state index in [1.54, 1.807) is 42.5 Å². The van der Waals surface area contributed by atoms with Crippen molar-refractivity contribution in [3.8, 4) is 0 Å². The Hall–Kier alpha value is -3.12. The first-order valence-corrected chi connectivity index (χ1v) is 11.9. The van der Waals surface area contributed by atoms with E-state index in [1.807, 2.05) is 24.4 Å². The van der Waals surface area contributed by atoms with Crippen molar-refractivity contribution in [2.45, 2.75) is 36.5 Å². The van der Waals surface area contributed by atoms with Crippen LogP contribution in [0.2, 0.25) is 0 Å². The average molecular weight is 435 g/mol. The first kappa shape index (κ1) is 19.8. The maximum atomic E-state index is 13.8. The van der Waals surface area contributed by atoms with Crippen LogP contribution in [0.25, 0.3) is 10.9 Å². The molecule has 2 N–H and O–H groups in total. The fraction of sp³-hybridized carbons (Fsp3) is 0.200.